The molecule has 0 aliphatic rings. The number of amides is 1. The van der Waals surface area contributed by atoms with Crippen LogP contribution >= 0.6 is 0 Å². The third kappa shape index (κ3) is 5.19. The summed E-state index contributed by atoms with van der Waals surface area (Å²) in [6.07, 6.45) is -0.470. The quantitative estimate of drug-likeness (QED) is 0.810. The summed E-state index contributed by atoms with van der Waals surface area (Å²) in [4.78, 5) is 11.5. The molecule has 0 aromatic heterocycles. The van der Waals surface area contributed by atoms with Crippen LogP contribution in [0.1, 0.15) is 44.9 Å². The molecular weight excluding hydrogens is 228 g/mol. The van der Waals surface area contributed by atoms with Crippen molar-refractivity contribution < 1.29 is 9.53 Å². The van der Waals surface area contributed by atoms with E-state index in [1.54, 1.807) is 0 Å². The van der Waals surface area contributed by atoms with Crippen LogP contribution in [0.4, 0.5) is 4.79 Å². The Bertz CT molecular complexity index is 411. The highest BCUT2D eigenvalue weighted by molar-refractivity contribution is 5.67. The second-order valence-electron chi connectivity index (χ2n) is 5.41. The minimum absolute atomic E-state index is 0.0254. The van der Waals surface area contributed by atoms with Crippen molar-refractivity contribution >= 4 is 6.09 Å². The summed E-state index contributed by atoms with van der Waals surface area (Å²) >= 11 is 0. The normalized spacial score (nSPS) is 12.9. The molecule has 4 heteroatoms. The Balaban J connectivity index is 2.46. The van der Waals surface area contributed by atoms with Gasteiger partial charge in [-0.05, 0) is 40.2 Å². The summed E-state index contributed by atoms with van der Waals surface area (Å²) in [5, 5.41) is 0. The van der Waals surface area contributed by atoms with Crippen molar-refractivity contribution in [2.75, 3.05) is 0 Å². The van der Waals surface area contributed by atoms with Crippen molar-refractivity contribution in [2.24, 2.45) is 0 Å². The van der Waals surface area contributed by atoms with Gasteiger partial charge in [0.25, 0.3) is 0 Å². The van der Waals surface area contributed by atoms with Crippen LogP contribution in [0.3, 0.4) is 0 Å². The summed E-state index contributed by atoms with van der Waals surface area (Å²) in [6.45, 7) is 9.51. The zero-order chi connectivity index (χ0) is 13.8. The molecule has 4 nitrogen and oxygen atoms in total. The van der Waals surface area contributed by atoms with Crippen LogP contribution in [0.2, 0.25) is 0 Å². The topological polar surface area (TPSA) is 50.4 Å². The van der Waals surface area contributed by atoms with Gasteiger partial charge >= 0.3 is 6.09 Å². The van der Waals surface area contributed by atoms with Crippen LogP contribution in [0, 0.1) is 6.92 Å². The molecule has 0 bridgehead atoms. The van der Waals surface area contributed by atoms with Crippen molar-refractivity contribution in [1.29, 1.82) is 0 Å². The van der Waals surface area contributed by atoms with Gasteiger partial charge in [0, 0.05) is 6.04 Å². The van der Waals surface area contributed by atoms with Crippen molar-refractivity contribution in [2.45, 2.75) is 46.3 Å². The molecule has 0 radical (unpaired) electrons. The Labute approximate surface area is 109 Å². The monoisotopic (exact) mass is 250 g/mol. The van der Waals surface area contributed by atoms with Crippen LogP contribution in [0.15, 0.2) is 24.3 Å². The highest BCUT2D eigenvalue weighted by Crippen LogP contribution is 2.13. The molecule has 0 spiro atoms. The van der Waals surface area contributed by atoms with E-state index in [0.717, 1.165) is 5.56 Å². The average molecular weight is 250 g/mol. The Kier molecular flexibility index (Phi) is 4.73. The molecule has 0 saturated heterocycles. The van der Waals surface area contributed by atoms with E-state index in [2.05, 4.69) is 16.9 Å². The predicted octanol–water partition coefficient (Wildman–Crippen LogP) is 3.09. The second kappa shape index (κ2) is 5.87. The van der Waals surface area contributed by atoms with E-state index in [1.165, 1.54) is 5.56 Å². The van der Waals surface area contributed by atoms with Crippen LogP contribution in [0.5, 0.6) is 0 Å². The zero-order valence-electron chi connectivity index (χ0n) is 11.7. The van der Waals surface area contributed by atoms with Gasteiger partial charge in [0.1, 0.15) is 5.60 Å². The highest BCUT2D eigenvalue weighted by Gasteiger charge is 2.16. The molecule has 1 aromatic carbocycles. The van der Waals surface area contributed by atoms with Crippen LogP contribution < -0.4 is 10.9 Å². The number of nitrogens with one attached hydrogen (secondary N) is 2. The lowest BCUT2D eigenvalue weighted by molar-refractivity contribution is 0.0489. The fourth-order valence-corrected chi connectivity index (χ4v) is 1.49. The lowest BCUT2D eigenvalue weighted by Gasteiger charge is -2.21. The van der Waals surface area contributed by atoms with Gasteiger partial charge in [-0.15, -0.1) is 0 Å². The van der Waals surface area contributed by atoms with E-state index in [0.29, 0.717) is 0 Å². The SMILES string of the molecule is Cc1cccc(C(C)NNC(=O)OC(C)(C)C)c1. The predicted molar refractivity (Wildman–Crippen MR) is 72.1 cm³/mol. The lowest BCUT2D eigenvalue weighted by Crippen LogP contribution is -2.42. The van der Waals surface area contributed by atoms with E-state index >= 15 is 0 Å². The van der Waals surface area contributed by atoms with E-state index < -0.39 is 11.7 Å². The van der Waals surface area contributed by atoms with E-state index in [9.17, 15) is 4.79 Å². The maximum absolute atomic E-state index is 11.5. The summed E-state index contributed by atoms with van der Waals surface area (Å²) < 4.78 is 5.14. The third-order valence-corrected chi connectivity index (χ3v) is 2.33. The number of benzene rings is 1. The van der Waals surface area contributed by atoms with E-state index in [-0.39, 0.29) is 6.04 Å². The third-order valence-electron chi connectivity index (χ3n) is 2.33. The lowest BCUT2D eigenvalue weighted by atomic mass is 10.1. The molecule has 1 atom stereocenters. The van der Waals surface area contributed by atoms with Crippen LogP contribution in [-0.2, 0) is 4.74 Å². The Morgan fingerprint density at radius 1 is 1.33 bits per heavy atom. The molecule has 0 aliphatic carbocycles. The minimum atomic E-state index is -0.488. The van der Waals surface area contributed by atoms with E-state index in [4.69, 9.17) is 4.74 Å². The molecule has 2 N–H and O–H groups in total. The van der Waals surface area contributed by atoms with Gasteiger partial charge in [-0.25, -0.2) is 10.2 Å². The van der Waals surface area contributed by atoms with Gasteiger partial charge in [0.2, 0.25) is 0 Å². The summed E-state index contributed by atoms with van der Waals surface area (Å²) in [5.74, 6) is 0. The fraction of sp³-hybridized carbons (Fsp3) is 0.500. The second-order valence-corrected chi connectivity index (χ2v) is 5.41. The molecule has 0 aliphatic heterocycles. The summed E-state index contributed by atoms with van der Waals surface area (Å²) in [7, 11) is 0. The van der Waals surface area contributed by atoms with Gasteiger partial charge < -0.3 is 4.74 Å². The number of rotatable bonds is 3. The largest absolute Gasteiger partial charge is 0.443 e. The smallest absolute Gasteiger partial charge is 0.422 e. The Morgan fingerprint density at radius 3 is 2.56 bits per heavy atom. The zero-order valence-corrected chi connectivity index (χ0v) is 11.7. The molecular formula is C14H22N2O2. The fourth-order valence-electron chi connectivity index (χ4n) is 1.49. The first-order chi connectivity index (χ1) is 8.28. The standard InChI is InChI=1S/C14H22N2O2/c1-10-7-6-8-12(9-10)11(2)15-16-13(17)18-14(3,4)5/h6-9,11,15H,1-5H3,(H,16,17). The van der Waals surface area contributed by atoms with Crippen LogP contribution in [-0.4, -0.2) is 11.7 Å². The number of hydrogen-bond acceptors (Lipinski definition) is 3. The molecule has 1 amide bonds. The number of carbonyl (C=O) groups excluding carboxylic acids is 1. The number of ether oxygens (including phenoxy) is 1. The Hall–Kier alpha value is -1.55. The summed E-state index contributed by atoms with van der Waals surface area (Å²) in [5.41, 5.74) is 7.29. The van der Waals surface area contributed by atoms with Gasteiger partial charge in [-0.3, -0.25) is 5.43 Å². The van der Waals surface area contributed by atoms with Gasteiger partial charge in [0.15, 0.2) is 0 Å². The van der Waals surface area contributed by atoms with Crippen molar-refractivity contribution in [1.82, 2.24) is 10.9 Å². The number of hydrogen-bond donors (Lipinski definition) is 2. The molecule has 0 heterocycles. The molecule has 100 valence electrons. The molecule has 0 saturated carbocycles. The summed E-state index contributed by atoms with van der Waals surface area (Å²) in [6, 6.07) is 8.15. The molecule has 1 unspecified atom stereocenters. The van der Waals surface area contributed by atoms with Crippen molar-refractivity contribution in [3.8, 4) is 0 Å². The number of carbonyl (C=O) groups is 1. The molecule has 18 heavy (non-hydrogen) atoms. The number of aryl methyl sites for hydroxylation is 1. The van der Waals surface area contributed by atoms with Crippen molar-refractivity contribution in [3.05, 3.63) is 35.4 Å². The maximum atomic E-state index is 11.5. The maximum Gasteiger partial charge on any atom is 0.422 e. The first kappa shape index (κ1) is 14.5. The highest BCUT2D eigenvalue weighted by atomic mass is 16.6. The van der Waals surface area contributed by atoms with E-state index in [1.807, 2.05) is 52.8 Å². The first-order valence-corrected chi connectivity index (χ1v) is 6.09. The minimum Gasteiger partial charge on any atom is -0.443 e. The van der Waals surface area contributed by atoms with Gasteiger partial charge in [-0.2, -0.15) is 0 Å². The Morgan fingerprint density at radius 2 is 2.00 bits per heavy atom. The van der Waals surface area contributed by atoms with Gasteiger partial charge in [0.05, 0.1) is 0 Å². The first-order valence-electron chi connectivity index (χ1n) is 6.09. The molecule has 1 rings (SSSR count). The number of hydrazine groups is 1. The molecule has 1 aromatic rings. The van der Waals surface area contributed by atoms with Crippen molar-refractivity contribution in [3.63, 3.8) is 0 Å². The molecule has 0 fully saturated rings. The average Bonchev–Trinajstić information content (AvgIpc) is 2.23. The van der Waals surface area contributed by atoms with Crippen LogP contribution in [0.25, 0.3) is 0 Å². The van der Waals surface area contributed by atoms with Gasteiger partial charge in [-0.1, -0.05) is 29.8 Å².